The number of hydrogen-bond donors (Lipinski definition) is 0. The smallest absolute Gasteiger partial charge is 0.128 e. The van der Waals surface area contributed by atoms with Gasteiger partial charge in [-0.15, -0.1) is 0 Å². The number of para-hydroxylation sites is 3. The Kier molecular flexibility index (Phi) is 18.3. The number of nitrogens with zero attached hydrogens (tertiary/aromatic N) is 5. The van der Waals surface area contributed by atoms with Crippen LogP contribution >= 0.6 is 11.6 Å². The molecule has 10 heteroatoms. The summed E-state index contributed by atoms with van der Waals surface area (Å²) in [4.78, 5) is 19.2. The van der Waals surface area contributed by atoms with E-state index in [-0.39, 0.29) is 13.1 Å². The van der Waals surface area contributed by atoms with Crippen LogP contribution in [-0.4, -0.2) is 44.5 Å². The van der Waals surface area contributed by atoms with E-state index in [2.05, 4.69) is 220 Å². The van der Waals surface area contributed by atoms with Crippen LogP contribution in [0.15, 0.2) is 232 Å². The van der Waals surface area contributed by atoms with Crippen LogP contribution in [0.2, 0.25) is 27.2 Å². The van der Waals surface area contributed by atoms with Crippen molar-refractivity contribution in [2.24, 2.45) is 0 Å². The first kappa shape index (κ1) is 57.6. The molecule has 0 aliphatic carbocycles. The van der Waals surface area contributed by atoms with Gasteiger partial charge in [0.25, 0.3) is 0 Å². The zero-order chi connectivity index (χ0) is 53.7. The van der Waals surface area contributed by atoms with Gasteiger partial charge < -0.3 is 4.90 Å². The molecule has 0 atom stereocenters. The third-order valence-electron chi connectivity index (χ3n) is 16.4. The van der Waals surface area contributed by atoms with E-state index in [0.717, 1.165) is 55.9 Å². The number of halogens is 2. The normalized spacial score (nSPS) is 13.3. The molecular formula is C69H69BClFN5Si2. The molecule has 2 aliphatic rings. The quantitative estimate of drug-likeness (QED) is 0.135. The molecule has 6 aromatic carbocycles. The lowest BCUT2D eigenvalue weighted by molar-refractivity contribution is 0.919. The van der Waals surface area contributed by atoms with E-state index >= 15 is 0 Å². The van der Waals surface area contributed by atoms with E-state index in [1.54, 1.807) is 46.3 Å². The second-order valence-corrected chi connectivity index (χ2v) is 32.2. The van der Waals surface area contributed by atoms with Crippen LogP contribution in [0.3, 0.4) is 0 Å². The highest BCUT2D eigenvalue weighted by Gasteiger charge is 2.51. The Labute approximate surface area is 476 Å². The van der Waals surface area contributed by atoms with Gasteiger partial charge in [0.2, 0.25) is 0 Å². The summed E-state index contributed by atoms with van der Waals surface area (Å²) in [6.45, 7) is 19.5. The molecular weight excluding hydrogens is 1020 g/mol. The van der Waals surface area contributed by atoms with E-state index in [0.29, 0.717) is 11.1 Å². The third kappa shape index (κ3) is 10.6. The van der Waals surface area contributed by atoms with Crippen molar-refractivity contribution in [1.82, 2.24) is 19.9 Å². The predicted octanol–water partition coefficient (Wildman–Crippen LogP) is 16.2. The van der Waals surface area contributed by atoms with Gasteiger partial charge in [-0.05, 0) is 133 Å². The highest BCUT2D eigenvalue weighted by Crippen LogP contribution is 2.50. The maximum atomic E-state index is 6.54. The van der Waals surface area contributed by atoms with Gasteiger partial charge in [-0.25, -0.2) is 0 Å². The molecule has 0 unspecified atom stereocenters. The fourth-order valence-corrected chi connectivity index (χ4v) is 25.9. The number of fused-ring (bicyclic) bond motifs is 4. The summed E-state index contributed by atoms with van der Waals surface area (Å²) >= 11 is 6.54. The Balaban J connectivity index is 0.000000169. The fourth-order valence-electron chi connectivity index (χ4n) is 13.2. The number of hydrogen-bond acceptors (Lipinski definition) is 5. The summed E-state index contributed by atoms with van der Waals surface area (Å²) in [5, 5.41) is 7.16. The maximum absolute atomic E-state index is 6.54. The average Bonchev–Trinajstić information content (AvgIpc) is 2.82. The lowest BCUT2D eigenvalue weighted by Crippen LogP contribution is -2.66. The molecule has 0 spiro atoms. The van der Waals surface area contributed by atoms with Crippen molar-refractivity contribution in [2.75, 3.05) is 4.90 Å². The SMILES string of the molecule is CC(C)[Si]1(C(C)C)c2ccccc2Cc2ccccc21.CC(C)[Si]1(C(C)C)c2ccccc2N(c2c(-c3ccncc3)cccc2-c2ccncc2)c2ccccc21.Clc1c(-c2ccncc2)cccc1-c1ccncc1.F.[B]. The van der Waals surface area contributed by atoms with Crippen LogP contribution in [0.25, 0.3) is 44.5 Å². The Morgan fingerprint density at radius 1 is 0.354 bits per heavy atom. The number of benzene rings is 6. The van der Waals surface area contributed by atoms with Crippen molar-refractivity contribution in [1.29, 1.82) is 0 Å². The summed E-state index contributed by atoms with van der Waals surface area (Å²) in [7, 11) is -3.79. The summed E-state index contributed by atoms with van der Waals surface area (Å²) in [6, 6.07) is 65.7. The molecule has 0 saturated heterocycles. The zero-order valence-corrected chi connectivity index (χ0v) is 49.3. The number of pyridine rings is 4. The van der Waals surface area contributed by atoms with Crippen LogP contribution in [0.4, 0.5) is 21.8 Å². The van der Waals surface area contributed by atoms with Gasteiger partial charge in [-0.3, -0.25) is 24.6 Å². The first-order valence-electron chi connectivity index (χ1n) is 27.2. The Morgan fingerprint density at radius 2 is 0.633 bits per heavy atom. The summed E-state index contributed by atoms with van der Waals surface area (Å²) in [5.41, 5.74) is 18.4. The largest absolute Gasteiger partial charge is 0.309 e. The van der Waals surface area contributed by atoms with Crippen molar-refractivity contribution >= 4 is 74.0 Å². The minimum atomic E-state index is -2.11. The molecule has 2 aliphatic heterocycles. The van der Waals surface area contributed by atoms with Crippen molar-refractivity contribution in [3.05, 3.63) is 248 Å². The van der Waals surface area contributed by atoms with Crippen molar-refractivity contribution in [3.63, 3.8) is 0 Å². The second-order valence-electron chi connectivity index (χ2n) is 21.5. The van der Waals surface area contributed by atoms with E-state index in [1.807, 2.05) is 67.3 Å². The standard InChI is InChI=1S/C34H33N3Si.C19H24Si.C16H11ClN2.B.FH/c1-24(2)38(25(3)4)32-14-7-5-12-30(32)37(31-13-6-8-15-33(31)38)34-28(26-16-20-35-21-17-26)10-9-11-29(34)27-18-22-36-23-19-27;1-14(2)20(15(3)4)18-11-7-5-9-16(18)13-17-10-6-8-12-19(17)20;17-16-14(12-4-8-18-9-5-12)2-1-3-15(16)13-6-10-19-11-7-13;;/h5-25H,1-4H3;5-12,14-15H,13H2,1-4H3;1-11H;;1H. The molecule has 0 N–H and O–H groups in total. The molecule has 0 fully saturated rings. The van der Waals surface area contributed by atoms with Gasteiger partial charge in [0.15, 0.2) is 0 Å². The minimum absolute atomic E-state index is 0. The molecule has 79 heavy (non-hydrogen) atoms. The third-order valence-corrected chi connectivity index (χ3v) is 29.4. The van der Waals surface area contributed by atoms with Gasteiger partial charge in [0.1, 0.15) is 16.1 Å². The molecule has 0 saturated carbocycles. The average molecular weight is 1090 g/mol. The first-order chi connectivity index (χ1) is 37.5. The fraction of sp³-hybridized carbons (Fsp3) is 0.188. The lowest BCUT2D eigenvalue weighted by Gasteiger charge is -2.49. The van der Waals surface area contributed by atoms with Crippen molar-refractivity contribution in [3.8, 4) is 44.5 Å². The predicted molar refractivity (Wildman–Crippen MR) is 340 cm³/mol. The number of aromatic nitrogens is 4. The first-order valence-corrected chi connectivity index (χ1v) is 31.9. The summed E-state index contributed by atoms with van der Waals surface area (Å²) in [5.74, 6) is 0. The molecule has 4 aromatic heterocycles. The van der Waals surface area contributed by atoms with Crippen LogP contribution < -0.4 is 25.6 Å². The van der Waals surface area contributed by atoms with Crippen LogP contribution in [-0.2, 0) is 6.42 Å². The van der Waals surface area contributed by atoms with E-state index in [1.165, 1.54) is 38.6 Å². The van der Waals surface area contributed by atoms with Crippen molar-refractivity contribution in [2.45, 2.75) is 84.0 Å². The Morgan fingerprint density at radius 3 is 0.975 bits per heavy atom. The Bertz CT molecular complexity index is 3390. The summed E-state index contributed by atoms with van der Waals surface area (Å²) in [6.07, 6.45) is 15.7. The molecule has 10 aromatic rings. The van der Waals surface area contributed by atoms with E-state index in [4.69, 9.17) is 11.6 Å². The molecule has 6 heterocycles. The Hall–Kier alpha value is -7.56. The molecule has 5 nitrogen and oxygen atoms in total. The molecule has 12 rings (SSSR count). The highest BCUT2D eigenvalue weighted by atomic mass is 35.5. The minimum Gasteiger partial charge on any atom is -0.309 e. The van der Waals surface area contributed by atoms with E-state index in [9.17, 15) is 0 Å². The molecule has 395 valence electrons. The zero-order valence-electron chi connectivity index (χ0n) is 46.6. The van der Waals surface area contributed by atoms with Crippen molar-refractivity contribution < 1.29 is 4.70 Å². The molecule has 0 bridgehead atoms. The highest BCUT2D eigenvalue weighted by molar-refractivity contribution is 7.06. The van der Waals surface area contributed by atoms with Gasteiger partial charge in [0.05, 0.1) is 10.7 Å². The second kappa shape index (κ2) is 25.1. The number of rotatable bonds is 9. The van der Waals surface area contributed by atoms with Gasteiger partial charge in [-0.1, -0.05) is 199 Å². The van der Waals surface area contributed by atoms with Gasteiger partial charge in [-0.2, -0.15) is 0 Å². The monoisotopic (exact) mass is 1090 g/mol. The van der Waals surface area contributed by atoms with Crippen LogP contribution in [0.1, 0.15) is 66.5 Å². The van der Waals surface area contributed by atoms with Gasteiger partial charge >= 0.3 is 0 Å². The van der Waals surface area contributed by atoms with Crippen LogP contribution in [0, 0.1) is 0 Å². The topological polar surface area (TPSA) is 54.8 Å². The molecule has 3 radical (unpaired) electrons. The van der Waals surface area contributed by atoms with E-state index < -0.39 is 16.1 Å². The molecule has 0 amide bonds. The summed E-state index contributed by atoms with van der Waals surface area (Å²) < 4.78 is 0. The number of anilines is 3. The van der Waals surface area contributed by atoms with Gasteiger partial charge in [0, 0.05) is 91.6 Å². The van der Waals surface area contributed by atoms with Crippen LogP contribution in [0.5, 0.6) is 0 Å². The maximum Gasteiger partial charge on any atom is 0.128 e. The lowest BCUT2D eigenvalue weighted by atomic mass is 9.95.